The molecule has 5 heteroatoms. The maximum Gasteiger partial charge on any atom is 0.274 e. The number of rotatable bonds is 1. The molecule has 4 rings (SSSR count). The van der Waals surface area contributed by atoms with Gasteiger partial charge in [-0.15, -0.1) is 0 Å². The molecule has 3 heterocycles. The highest BCUT2D eigenvalue weighted by Gasteiger charge is 2.23. The number of nitrogens with one attached hydrogen (secondary N) is 1. The molecule has 0 radical (unpaired) electrons. The van der Waals surface area contributed by atoms with E-state index in [-0.39, 0.29) is 5.91 Å². The quantitative estimate of drug-likeness (QED) is 0.751. The minimum atomic E-state index is -0.0382. The number of nitrogens with zero attached hydrogens (tertiary/aromatic N) is 3. The Kier molecular flexibility index (Phi) is 3.33. The summed E-state index contributed by atoms with van der Waals surface area (Å²) in [5, 5.41) is 1.29. The first-order valence-corrected chi connectivity index (χ1v) is 7.88. The molecule has 23 heavy (non-hydrogen) atoms. The van der Waals surface area contributed by atoms with Gasteiger partial charge in [-0.3, -0.25) is 9.78 Å². The first-order valence-electron chi connectivity index (χ1n) is 7.88. The Bertz CT molecular complexity index is 869. The monoisotopic (exact) mass is 306 g/mol. The summed E-state index contributed by atoms with van der Waals surface area (Å²) < 4.78 is 0. The zero-order chi connectivity index (χ0) is 15.8. The molecule has 0 atom stereocenters. The smallest absolute Gasteiger partial charge is 0.274 e. The number of fused-ring (bicyclic) bond motifs is 3. The number of aromatic nitrogens is 3. The molecule has 1 aromatic carbocycles. The van der Waals surface area contributed by atoms with Crippen molar-refractivity contribution in [3.8, 4) is 0 Å². The zero-order valence-corrected chi connectivity index (χ0v) is 13.0. The van der Waals surface area contributed by atoms with E-state index in [9.17, 15) is 4.79 Å². The molecule has 0 saturated heterocycles. The Morgan fingerprint density at radius 2 is 2.09 bits per heavy atom. The Morgan fingerprint density at radius 3 is 2.91 bits per heavy atom. The van der Waals surface area contributed by atoms with Crippen LogP contribution in [0.4, 0.5) is 0 Å². The number of carbonyl (C=O) groups excluding carboxylic acids is 1. The van der Waals surface area contributed by atoms with Gasteiger partial charge in [-0.2, -0.15) is 0 Å². The molecule has 2 aromatic heterocycles. The third-order valence-electron chi connectivity index (χ3n) is 4.48. The second-order valence-corrected chi connectivity index (χ2v) is 6.01. The van der Waals surface area contributed by atoms with E-state index in [1.54, 1.807) is 12.4 Å². The van der Waals surface area contributed by atoms with Crippen LogP contribution >= 0.6 is 0 Å². The molecule has 0 saturated carbocycles. The topological polar surface area (TPSA) is 61.9 Å². The van der Waals surface area contributed by atoms with Crippen molar-refractivity contribution in [1.29, 1.82) is 0 Å². The molecule has 3 aromatic rings. The van der Waals surface area contributed by atoms with Gasteiger partial charge in [0.05, 0.1) is 6.20 Å². The normalized spacial score (nSPS) is 14.6. The molecule has 1 aliphatic rings. The largest absolute Gasteiger partial charge is 0.358 e. The summed E-state index contributed by atoms with van der Waals surface area (Å²) >= 11 is 0. The van der Waals surface area contributed by atoms with E-state index in [0.717, 1.165) is 12.8 Å². The lowest BCUT2D eigenvalue weighted by Gasteiger charge is -2.19. The minimum Gasteiger partial charge on any atom is -0.358 e. The van der Waals surface area contributed by atoms with Gasteiger partial charge in [0.25, 0.3) is 5.91 Å². The molecule has 0 unspecified atom stereocenters. The molecule has 1 N–H and O–H groups in total. The molecule has 1 amide bonds. The van der Waals surface area contributed by atoms with Crippen LogP contribution in [0, 0.1) is 6.92 Å². The van der Waals surface area contributed by atoms with Crippen LogP contribution in [-0.4, -0.2) is 38.8 Å². The first kappa shape index (κ1) is 13.9. The van der Waals surface area contributed by atoms with Crippen LogP contribution in [0.5, 0.6) is 0 Å². The van der Waals surface area contributed by atoms with E-state index in [2.05, 4.69) is 40.1 Å². The van der Waals surface area contributed by atoms with Crippen LogP contribution in [0.2, 0.25) is 0 Å². The molecule has 0 spiro atoms. The highest BCUT2D eigenvalue weighted by Crippen LogP contribution is 2.27. The predicted octanol–water partition coefficient (Wildman–Crippen LogP) is 2.51. The number of hydrogen-bond acceptors (Lipinski definition) is 3. The number of hydrogen-bond donors (Lipinski definition) is 1. The summed E-state index contributed by atoms with van der Waals surface area (Å²) in [5.41, 5.74) is 5.46. The summed E-state index contributed by atoms with van der Waals surface area (Å²) in [5.74, 6) is -0.0382. The fourth-order valence-corrected chi connectivity index (χ4v) is 3.30. The third kappa shape index (κ3) is 2.48. The fraction of sp³-hybridized carbons (Fsp3) is 0.278. The number of aryl methyl sites for hydroxylation is 1. The van der Waals surface area contributed by atoms with Crippen LogP contribution in [0.1, 0.15) is 27.3 Å². The van der Waals surface area contributed by atoms with Crippen molar-refractivity contribution in [2.75, 3.05) is 13.1 Å². The fourth-order valence-electron chi connectivity index (χ4n) is 3.30. The molecule has 0 fully saturated rings. The average molecular weight is 306 g/mol. The SMILES string of the molecule is Cc1ccc2[nH]c3c(c2c1)CCN(C(=O)c1cnccn1)CC3. The summed E-state index contributed by atoms with van der Waals surface area (Å²) in [6.07, 6.45) is 6.38. The third-order valence-corrected chi connectivity index (χ3v) is 4.48. The van der Waals surface area contributed by atoms with E-state index < -0.39 is 0 Å². The minimum absolute atomic E-state index is 0.0382. The number of benzene rings is 1. The van der Waals surface area contributed by atoms with Crippen molar-refractivity contribution in [3.05, 3.63) is 59.3 Å². The predicted molar refractivity (Wildman–Crippen MR) is 88.4 cm³/mol. The van der Waals surface area contributed by atoms with Crippen LogP contribution in [-0.2, 0) is 12.8 Å². The number of carbonyl (C=O) groups is 1. The van der Waals surface area contributed by atoms with Crippen molar-refractivity contribution < 1.29 is 4.79 Å². The van der Waals surface area contributed by atoms with Gasteiger partial charge < -0.3 is 9.88 Å². The molecule has 116 valence electrons. The van der Waals surface area contributed by atoms with Crippen molar-refractivity contribution in [1.82, 2.24) is 19.9 Å². The average Bonchev–Trinajstić information content (AvgIpc) is 2.78. The van der Waals surface area contributed by atoms with E-state index in [0.29, 0.717) is 18.8 Å². The Hall–Kier alpha value is -2.69. The zero-order valence-electron chi connectivity index (χ0n) is 13.0. The Labute approximate surface area is 134 Å². The van der Waals surface area contributed by atoms with Gasteiger partial charge in [0, 0.05) is 48.5 Å². The standard InChI is InChI=1S/C18H18N4O/c1-12-2-3-15-14(10-12)13-4-8-22(9-5-16(13)21-15)18(23)17-11-19-6-7-20-17/h2-3,6-7,10-11,21H,4-5,8-9H2,1H3. The highest BCUT2D eigenvalue weighted by molar-refractivity contribution is 5.92. The number of amides is 1. The van der Waals surface area contributed by atoms with Crippen molar-refractivity contribution in [3.63, 3.8) is 0 Å². The lowest BCUT2D eigenvalue weighted by atomic mass is 10.1. The Morgan fingerprint density at radius 1 is 1.22 bits per heavy atom. The summed E-state index contributed by atoms with van der Waals surface area (Å²) in [7, 11) is 0. The lowest BCUT2D eigenvalue weighted by Crippen LogP contribution is -2.34. The van der Waals surface area contributed by atoms with Crippen LogP contribution in [0.15, 0.2) is 36.8 Å². The molecular weight excluding hydrogens is 288 g/mol. The molecule has 0 aliphatic carbocycles. The molecule has 1 aliphatic heterocycles. The van der Waals surface area contributed by atoms with Crippen LogP contribution in [0.25, 0.3) is 10.9 Å². The van der Waals surface area contributed by atoms with Crippen molar-refractivity contribution >= 4 is 16.8 Å². The first-order chi connectivity index (χ1) is 11.2. The summed E-state index contributed by atoms with van der Waals surface area (Å²) in [6.45, 7) is 3.52. The number of H-pyrrole nitrogens is 1. The second kappa shape index (κ2) is 5.50. The van der Waals surface area contributed by atoms with E-state index in [4.69, 9.17) is 0 Å². The highest BCUT2D eigenvalue weighted by atomic mass is 16.2. The number of aromatic amines is 1. The van der Waals surface area contributed by atoms with Gasteiger partial charge in [0.1, 0.15) is 5.69 Å². The molecular formula is C18H18N4O. The summed E-state index contributed by atoms with van der Waals surface area (Å²) in [4.78, 5) is 26.1. The van der Waals surface area contributed by atoms with Gasteiger partial charge in [-0.1, -0.05) is 11.6 Å². The van der Waals surface area contributed by atoms with Gasteiger partial charge in [-0.05, 0) is 31.0 Å². The van der Waals surface area contributed by atoms with Crippen molar-refractivity contribution in [2.24, 2.45) is 0 Å². The van der Waals surface area contributed by atoms with Crippen LogP contribution in [0.3, 0.4) is 0 Å². The second-order valence-electron chi connectivity index (χ2n) is 6.01. The van der Waals surface area contributed by atoms with Gasteiger partial charge in [0.2, 0.25) is 0 Å². The van der Waals surface area contributed by atoms with Crippen molar-refractivity contribution in [2.45, 2.75) is 19.8 Å². The van der Waals surface area contributed by atoms with Gasteiger partial charge in [0.15, 0.2) is 0 Å². The maximum atomic E-state index is 12.6. The molecule has 0 bridgehead atoms. The van der Waals surface area contributed by atoms with E-state index in [1.165, 1.54) is 33.9 Å². The van der Waals surface area contributed by atoms with Crippen LogP contribution < -0.4 is 0 Å². The summed E-state index contributed by atoms with van der Waals surface area (Å²) in [6, 6.07) is 6.49. The maximum absolute atomic E-state index is 12.6. The van der Waals surface area contributed by atoms with Gasteiger partial charge in [-0.25, -0.2) is 4.98 Å². The van der Waals surface area contributed by atoms with E-state index >= 15 is 0 Å². The Balaban J connectivity index is 1.62. The lowest BCUT2D eigenvalue weighted by molar-refractivity contribution is 0.0756. The van der Waals surface area contributed by atoms with Gasteiger partial charge >= 0.3 is 0 Å². The molecule has 5 nitrogen and oxygen atoms in total. The van der Waals surface area contributed by atoms with E-state index in [1.807, 2.05) is 4.90 Å².